The minimum Gasteiger partial charge on any atom is -0.436 e. The molecular weight excluding hydrogens is 488 g/mol. The molecule has 0 atom stereocenters. The van der Waals surface area contributed by atoms with Crippen molar-refractivity contribution in [3.8, 4) is 5.75 Å². The topological polar surface area (TPSA) is 74.2 Å². The average Bonchev–Trinajstić information content (AvgIpc) is 2.47. The molecule has 1 aromatic rings. The highest BCUT2D eigenvalue weighted by Crippen LogP contribution is 2.40. The molecule has 1 rings (SSSR count). The zero-order valence-electron chi connectivity index (χ0n) is 14.1. The van der Waals surface area contributed by atoms with Crippen LogP contribution in [0, 0.1) is 5.41 Å². The van der Waals surface area contributed by atoms with E-state index < -0.39 is 43.3 Å². The second kappa shape index (κ2) is 9.63. The van der Waals surface area contributed by atoms with Crippen LogP contribution in [-0.4, -0.2) is 21.8 Å². The lowest BCUT2D eigenvalue weighted by Crippen LogP contribution is -2.41. The van der Waals surface area contributed by atoms with Crippen LogP contribution in [-0.2, 0) is 6.18 Å². The summed E-state index contributed by atoms with van der Waals surface area (Å²) in [4.78, 5) is 11.8. The first-order chi connectivity index (χ1) is 12.6. The summed E-state index contributed by atoms with van der Waals surface area (Å²) in [7, 11) is 0. The fourth-order valence-corrected chi connectivity index (χ4v) is 2.57. The summed E-state index contributed by atoms with van der Waals surface area (Å²) in [6, 6.07) is 0.233. The molecule has 0 bridgehead atoms. The number of carbonyl (C=O) groups excluding carboxylic acids is 1. The first-order valence-electron chi connectivity index (χ1n) is 7.30. The van der Waals surface area contributed by atoms with Gasteiger partial charge in [-0.2, -0.15) is 13.2 Å². The fourth-order valence-electron chi connectivity index (χ4n) is 1.70. The van der Waals surface area contributed by atoms with Crippen molar-refractivity contribution in [3.63, 3.8) is 0 Å². The molecule has 0 aromatic heterocycles. The van der Waals surface area contributed by atoms with Crippen molar-refractivity contribution in [1.82, 2.24) is 10.6 Å². The second-order valence-electron chi connectivity index (χ2n) is 5.54. The van der Waals surface area contributed by atoms with Gasteiger partial charge in [-0.15, -0.1) is 0 Å². The number of ether oxygens (including phenoxy) is 1. The van der Waals surface area contributed by atoms with Crippen LogP contribution in [0.4, 0.5) is 18.0 Å². The van der Waals surface area contributed by atoms with E-state index in [2.05, 4.69) is 10.6 Å². The lowest BCUT2D eigenvalue weighted by Gasteiger charge is -2.19. The van der Waals surface area contributed by atoms with Crippen LogP contribution in [0.5, 0.6) is 5.75 Å². The van der Waals surface area contributed by atoms with Crippen LogP contribution in [0.2, 0.25) is 10.0 Å². The number of benzene rings is 1. The number of hydrogen-bond donors (Lipinski definition) is 3. The molecule has 0 aliphatic heterocycles. The molecule has 156 valence electrons. The van der Waals surface area contributed by atoms with Gasteiger partial charge in [0.05, 0.1) is 21.3 Å². The minimum absolute atomic E-state index is 0.225. The summed E-state index contributed by atoms with van der Waals surface area (Å²) >= 11 is 28.8. The van der Waals surface area contributed by atoms with Gasteiger partial charge in [-0.05, 0) is 26.0 Å². The van der Waals surface area contributed by atoms with Gasteiger partial charge in [0.25, 0.3) is 0 Å². The second-order valence-corrected chi connectivity index (χ2v) is 8.64. The van der Waals surface area contributed by atoms with Crippen molar-refractivity contribution in [2.45, 2.75) is 29.9 Å². The lowest BCUT2D eigenvalue weighted by atomic mass is 10.2. The Morgan fingerprint density at radius 3 is 2.07 bits per heavy atom. The Labute approximate surface area is 183 Å². The van der Waals surface area contributed by atoms with Crippen molar-refractivity contribution >= 4 is 69.9 Å². The Kier molecular flexibility index (Phi) is 8.59. The van der Waals surface area contributed by atoms with Crippen LogP contribution in [0.3, 0.4) is 0 Å². The van der Waals surface area contributed by atoms with E-state index in [1.54, 1.807) is 13.8 Å². The highest BCUT2D eigenvalue weighted by atomic mass is 35.6. The van der Waals surface area contributed by atoms with E-state index in [1.807, 2.05) is 0 Å². The molecule has 13 heteroatoms. The molecule has 3 N–H and O–H groups in total. The predicted octanol–water partition coefficient (Wildman–Crippen LogP) is 6.33. The van der Waals surface area contributed by atoms with Gasteiger partial charge in [-0.25, -0.2) is 4.79 Å². The van der Waals surface area contributed by atoms with Gasteiger partial charge < -0.3 is 15.4 Å². The summed E-state index contributed by atoms with van der Waals surface area (Å²) in [6.45, 7) is 3.39. The number of halogens is 8. The smallest absolute Gasteiger partial charge is 0.416 e. The highest BCUT2D eigenvalue weighted by molar-refractivity contribution is 6.69. The van der Waals surface area contributed by atoms with Crippen molar-refractivity contribution in [3.05, 3.63) is 39.5 Å². The first-order valence-corrected chi connectivity index (χ1v) is 9.19. The van der Waals surface area contributed by atoms with Gasteiger partial charge in [0.1, 0.15) is 0 Å². The Bertz CT molecular complexity index is 769. The molecule has 0 unspecified atom stereocenters. The molecule has 1 aromatic carbocycles. The number of urea groups is 1. The standard InChI is InChI=1S/C15H13Cl5F3N3O2/c1-6(2)25-13(27)26-10(14(18,19)20)5-11(24)28-12-8(16)3-7(4-9(12)17)15(21,22)23/h3-6,24H,1-2H3,(H2,25,26,27)/b10-5-,24-11?. The van der Waals surface area contributed by atoms with Crippen molar-refractivity contribution in [1.29, 1.82) is 5.41 Å². The number of carbonyl (C=O) groups is 1. The van der Waals surface area contributed by atoms with E-state index in [0.717, 1.165) is 6.08 Å². The van der Waals surface area contributed by atoms with Gasteiger partial charge in [-0.1, -0.05) is 58.0 Å². The fraction of sp³-hybridized carbons (Fsp3) is 0.333. The molecule has 0 fully saturated rings. The molecule has 0 saturated carbocycles. The molecule has 28 heavy (non-hydrogen) atoms. The Morgan fingerprint density at radius 1 is 1.18 bits per heavy atom. The molecule has 0 aliphatic rings. The lowest BCUT2D eigenvalue weighted by molar-refractivity contribution is -0.137. The Balaban J connectivity index is 3.11. The quantitative estimate of drug-likeness (QED) is 0.256. The van der Waals surface area contributed by atoms with Crippen molar-refractivity contribution in [2.24, 2.45) is 0 Å². The first kappa shape index (κ1) is 25.0. The number of allylic oxidation sites excluding steroid dienone is 1. The van der Waals surface area contributed by atoms with Crippen LogP contribution >= 0.6 is 58.0 Å². The third-order valence-electron chi connectivity index (χ3n) is 2.79. The maximum Gasteiger partial charge on any atom is 0.416 e. The molecule has 0 radical (unpaired) electrons. The average molecular weight is 502 g/mol. The largest absolute Gasteiger partial charge is 0.436 e. The molecule has 0 saturated heterocycles. The van der Waals surface area contributed by atoms with Gasteiger partial charge in [0, 0.05) is 12.1 Å². The zero-order valence-corrected chi connectivity index (χ0v) is 17.9. The van der Waals surface area contributed by atoms with Crippen molar-refractivity contribution in [2.75, 3.05) is 0 Å². The Hall–Kier alpha value is -1.06. The number of rotatable bonds is 4. The maximum atomic E-state index is 12.8. The number of nitrogens with one attached hydrogen (secondary N) is 3. The van der Waals surface area contributed by atoms with Crippen LogP contribution in [0.25, 0.3) is 0 Å². The summed E-state index contributed by atoms with van der Waals surface area (Å²) in [6.07, 6.45) is -3.83. The molecule has 5 nitrogen and oxygen atoms in total. The van der Waals surface area contributed by atoms with E-state index in [4.69, 9.17) is 68.2 Å². The SMILES string of the molecule is CC(C)NC(=O)N/C(=C\C(=N)Oc1c(Cl)cc(C(F)(F)F)cc1Cl)C(Cl)(Cl)Cl. The molecule has 2 amide bonds. The van der Waals surface area contributed by atoms with Gasteiger partial charge in [-0.3, -0.25) is 5.41 Å². The third kappa shape index (κ3) is 7.75. The molecule has 0 aliphatic carbocycles. The van der Waals surface area contributed by atoms with E-state index in [-0.39, 0.29) is 11.7 Å². The number of amides is 2. The van der Waals surface area contributed by atoms with Crippen LogP contribution < -0.4 is 15.4 Å². The summed E-state index contributed by atoms with van der Waals surface area (Å²) in [5, 5.41) is 11.6. The van der Waals surface area contributed by atoms with E-state index in [1.165, 1.54) is 0 Å². The Morgan fingerprint density at radius 2 is 1.68 bits per heavy atom. The van der Waals surface area contributed by atoms with Gasteiger partial charge in [0.15, 0.2) is 5.75 Å². The summed E-state index contributed by atoms with van der Waals surface area (Å²) in [5.41, 5.74) is -1.44. The normalized spacial score (nSPS) is 12.8. The third-order valence-corrected chi connectivity index (χ3v) is 3.96. The predicted molar refractivity (Wildman–Crippen MR) is 105 cm³/mol. The monoisotopic (exact) mass is 499 g/mol. The van der Waals surface area contributed by atoms with Crippen molar-refractivity contribution < 1.29 is 22.7 Å². The van der Waals surface area contributed by atoms with Crippen LogP contribution in [0.15, 0.2) is 23.9 Å². The maximum absolute atomic E-state index is 12.8. The zero-order chi connectivity index (χ0) is 21.9. The van der Waals surface area contributed by atoms with Gasteiger partial charge in [0.2, 0.25) is 9.69 Å². The summed E-state index contributed by atoms with van der Waals surface area (Å²) in [5.74, 6) is -1.12. The summed E-state index contributed by atoms with van der Waals surface area (Å²) < 4.78 is 41.2. The number of alkyl halides is 6. The van der Waals surface area contributed by atoms with E-state index in [0.29, 0.717) is 12.1 Å². The molecular formula is C15H13Cl5F3N3O2. The number of hydrogen-bond acceptors (Lipinski definition) is 3. The minimum atomic E-state index is -4.67. The van der Waals surface area contributed by atoms with Crippen LogP contribution in [0.1, 0.15) is 19.4 Å². The molecule has 0 spiro atoms. The molecule has 0 heterocycles. The van der Waals surface area contributed by atoms with E-state index in [9.17, 15) is 18.0 Å². The highest BCUT2D eigenvalue weighted by Gasteiger charge is 2.33. The van der Waals surface area contributed by atoms with E-state index >= 15 is 0 Å². The van der Waals surface area contributed by atoms with Gasteiger partial charge >= 0.3 is 12.2 Å².